The molecule has 0 aliphatic carbocycles. The minimum absolute atomic E-state index is 0.0889. The number of hydrogen-bond acceptors (Lipinski definition) is 7. The molecule has 0 radical (unpaired) electrons. The molecule has 2 aromatic rings. The highest BCUT2D eigenvalue weighted by Gasteiger charge is 2.44. The molecule has 0 saturated heterocycles. The van der Waals surface area contributed by atoms with E-state index >= 15 is 0 Å². The molecule has 31 heavy (non-hydrogen) atoms. The van der Waals surface area contributed by atoms with Crippen molar-refractivity contribution in [3.63, 3.8) is 0 Å². The van der Waals surface area contributed by atoms with Gasteiger partial charge in [0.1, 0.15) is 11.5 Å². The molecule has 11 heteroatoms. The lowest BCUT2D eigenvalue weighted by Gasteiger charge is -2.20. The Morgan fingerprint density at radius 2 is 1.32 bits per heavy atom. The van der Waals surface area contributed by atoms with E-state index in [1.807, 2.05) is 6.92 Å². The van der Waals surface area contributed by atoms with Crippen LogP contribution in [0.5, 0.6) is 11.5 Å². The lowest BCUT2D eigenvalue weighted by atomic mass is 9.91. The molecule has 2 aromatic carbocycles. The number of benzene rings is 2. The fourth-order valence-corrected chi connectivity index (χ4v) is 5.62. The molecule has 2 rings (SSSR count). The first-order valence-corrected chi connectivity index (χ1v) is 12.1. The molecular weight excluding hydrogens is 444 g/mol. The minimum atomic E-state index is -4.71. The van der Waals surface area contributed by atoms with Crippen molar-refractivity contribution in [3.05, 3.63) is 54.1 Å². The predicted molar refractivity (Wildman–Crippen MR) is 112 cm³/mol. The monoisotopic (exact) mass is 466 g/mol. The summed E-state index contributed by atoms with van der Waals surface area (Å²) in [5, 5.41) is 0. The van der Waals surface area contributed by atoms with Gasteiger partial charge in [-0.05, 0) is 68.8 Å². The van der Waals surface area contributed by atoms with Gasteiger partial charge in [-0.1, -0.05) is 6.92 Å². The Hall–Kier alpha value is -3.01. The summed E-state index contributed by atoms with van der Waals surface area (Å²) in [4.78, 5) is 13.9. The highest BCUT2D eigenvalue weighted by Crippen LogP contribution is 2.26. The number of sulfone groups is 2. The van der Waals surface area contributed by atoms with Gasteiger partial charge in [0, 0.05) is 0 Å². The SMILES string of the molecule is CCC(C)(C)C(=O)Oc1ccc(S(=O)(=O)C(=[N+]=[N-])S(=O)(=O)c2ccc(OC)cc2)cc1. The van der Waals surface area contributed by atoms with E-state index in [9.17, 15) is 27.2 Å². The third kappa shape index (κ3) is 5.01. The van der Waals surface area contributed by atoms with Crippen molar-refractivity contribution in [1.29, 1.82) is 0 Å². The van der Waals surface area contributed by atoms with Gasteiger partial charge < -0.3 is 15.0 Å². The van der Waals surface area contributed by atoms with Gasteiger partial charge >= 0.3 is 10.3 Å². The topological polar surface area (TPSA) is 140 Å². The van der Waals surface area contributed by atoms with Gasteiger partial charge in [0.15, 0.2) is 0 Å². The number of methoxy groups -OCH3 is 1. The summed E-state index contributed by atoms with van der Waals surface area (Å²) in [6, 6.07) is 9.47. The van der Waals surface area contributed by atoms with Crippen LogP contribution in [0.2, 0.25) is 0 Å². The lowest BCUT2D eigenvalue weighted by molar-refractivity contribution is -0.144. The second-order valence-electron chi connectivity index (χ2n) is 7.15. The van der Waals surface area contributed by atoms with E-state index in [1.54, 1.807) is 13.8 Å². The molecule has 0 aliphatic rings. The average molecular weight is 467 g/mol. The van der Waals surface area contributed by atoms with Crippen LogP contribution in [-0.4, -0.2) is 39.1 Å². The molecule has 0 amide bonds. The van der Waals surface area contributed by atoms with Crippen molar-refractivity contribution < 1.29 is 35.9 Å². The first kappa shape index (κ1) is 24.3. The van der Waals surface area contributed by atoms with E-state index in [2.05, 4.69) is 4.79 Å². The highest BCUT2D eigenvalue weighted by atomic mass is 32.3. The zero-order valence-electron chi connectivity index (χ0n) is 17.4. The van der Waals surface area contributed by atoms with Crippen LogP contribution in [0.15, 0.2) is 58.3 Å². The van der Waals surface area contributed by atoms with Crippen LogP contribution >= 0.6 is 0 Å². The summed E-state index contributed by atoms with van der Waals surface area (Å²) in [5.41, 5.74) is 8.52. The van der Waals surface area contributed by atoms with Crippen molar-refractivity contribution in [2.75, 3.05) is 7.11 Å². The fraction of sp³-hybridized carbons (Fsp3) is 0.300. The molecule has 0 saturated carbocycles. The highest BCUT2D eigenvalue weighted by molar-refractivity contribution is 8.31. The molecule has 0 atom stereocenters. The number of hydrogen-bond donors (Lipinski definition) is 0. The largest absolute Gasteiger partial charge is 0.504 e. The molecule has 0 spiro atoms. The summed E-state index contributed by atoms with van der Waals surface area (Å²) in [6.45, 7) is 5.25. The quantitative estimate of drug-likeness (QED) is 0.159. The maximum atomic E-state index is 12.8. The van der Waals surface area contributed by atoms with Gasteiger partial charge in [-0.2, -0.15) is 0 Å². The van der Waals surface area contributed by atoms with Crippen LogP contribution in [0.4, 0.5) is 0 Å². The number of ether oxygens (including phenoxy) is 2. The molecule has 0 bridgehead atoms. The van der Waals surface area contributed by atoms with Crippen LogP contribution < -0.4 is 9.47 Å². The lowest BCUT2D eigenvalue weighted by Crippen LogP contribution is -2.28. The Kier molecular flexibility index (Phi) is 7.05. The zero-order valence-corrected chi connectivity index (χ0v) is 19.0. The molecular formula is C20H22N2O7S2. The number of nitrogens with zero attached hydrogens (tertiary/aromatic N) is 2. The van der Waals surface area contributed by atoms with Gasteiger partial charge in [-0.15, -0.1) is 4.79 Å². The molecule has 0 aromatic heterocycles. The van der Waals surface area contributed by atoms with Crippen LogP contribution in [0.1, 0.15) is 27.2 Å². The molecule has 0 unspecified atom stereocenters. The standard InChI is InChI=1S/C20H22N2O7S2/c1-5-20(2,3)18(23)29-15-8-12-17(13-9-15)31(26,27)19(22-21)30(24,25)16-10-6-14(28-4)7-11-16/h6-13H,5H2,1-4H3. The van der Waals surface area contributed by atoms with E-state index in [0.29, 0.717) is 12.2 Å². The van der Waals surface area contributed by atoms with E-state index in [4.69, 9.17) is 9.47 Å². The third-order valence-corrected chi connectivity index (χ3v) is 8.88. The van der Waals surface area contributed by atoms with Crippen LogP contribution in [0.25, 0.3) is 5.53 Å². The number of carbonyl (C=O) groups is 1. The molecule has 166 valence electrons. The van der Waals surface area contributed by atoms with Gasteiger partial charge in [0.25, 0.3) is 19.7 Å². The van der Waals surface area contributed by atoms with E-state index in [-0.39, 0.29) is 5.75 Å². The summed E-state index contributed by atoms with van der Waals surface area (Å²) in [5.74, 6) is -0.0445. The van der Waals surface area contributed by atoms with Crippen molar-refractivity contribution in [2.45, 2.75) is 37.0 Å². The molecule has 0 aliphatic heterocycles. The molecule has 0 N–H and O–H groups in total. The Balaban J connectivity index is 2.38. The summed E-state index contributed by atoms with van der Waals surface area (Å²) >= 11 is 0. The third-order valence-electron chi connectivity index (χ3n) is 4.69. The summed E-state index contributed by atoms with van der Waals surface area (Å²) in [6.07, 6.45) is 0.540. The maximum Gasteiger partial charge on any atom is 0.504 e. The van der Waals surface area contributed by atoms with Crippen LogP contribution in [0, 0.1) is 5.41 Å². The second-order valence-corrected chi connectivity index (χ2v) is 11.1. The van der Waals surface area contributed by atoms with E-state index < -0.39 is 45.2 Å². The Bertz CT molecular complexity index is 1230. The zero-order chi connectivity index (χ0) is 23.4. The summed E-state index contributed by atoms with van der Waals surface area (Å²) < 4.78 is 60.0. The Morgan fingerprint density at radius 1 is 0.903 bits per heavy atom. The summed E-state index contributed by atoms with van der Waals surface area (Å²) in [7, 11) is -7.99. The average Bonchev–Trinajstić information content (AvgIpc) is 2.74. The Labute approximate surface area is 181 Å². The minimum Gasteiger partial charge on any atom is -0.497 e. The Morgan fingerprint density at radius 3 is 1.68 bits per heavy atom. The fourth-order valence-electron chi connectivity index (χ4n) is 2.28. The predicted octanol–water partition coefficient (Wildman–Crippen LogP) is 2.87. The number of carbonyl (C=O) groups excluding carboxylic acids is 1. The van der Waals surface area contributed by atoms with Gasteiger partial charge in [0.05, 0.1) is 22.3 Å². The van der Waals surface area contributed by atoms with E-state index in [0.717, 1.165) is 24.3 Å². The second kappa shape index (κ2) is 9.01. The number of esters is 1. The maximum absolute atomic E-state index is 12.8. The van der Waals surface area contributed by atoms with E-state index in [1.165, 1.54) is 31.4 Å². The smallest absolute Gasteiger partial charge is 0.497 e. The van der Waals surface area contributed by atoms with Crippen LogP contribution in [-0.2, 0) is 24.5 Å². The van der Waals surface area contributed by atoms with Gasteiger partial charge in [-0.25, -0.2) is 16.8 Å². The van der Waals surface area contributed by atoms with Crippen molar-refractivity contribution in [3.8, 4) is 11.5 Å². The molecule has 9 nitrogen and oxygen atoms in total. The first-order valence-electron chi connectivity index (χ1n) is 9.08. The first-order chi connectivity index (χ1) is 14.4. The van der Waals surface area contributed by atoms with Crippen molar-refractivity contribution in [1.82, 2.24) is 0 Å². The van der Waals surface area contributed by atoms with Gasteiger partial charge in [0.2, 0.25) is 0 Å². The molecule has 0 fully saturated rings. The normalized spacial score (nSPS) is 12.0. The van der Waals surface area contributed by atoms with Gasteiger partial charge in [-0.3, -0.25) is 4.79 Å². The molecule has 0 heterocycles. The van der Waals surface area contributed by atoms with Crippen molar-refractivity contribution in [2.24, 2.45) is 5.41 Å². The van der Waals surface area contributed by atoms with Crippen molar-refractivity contribution >= 4 is 30.0 Å². The number of rotatable bonds is 6. The van der Waals surface area contributed by atoms with Crippen LogP contribution in [0.3, 0.4) is 0 Å².